The largest absolute Gasteiger partial charge is 0.479 e. The molecule has 0 unspecified atom stereocenters. The number of ether oxygens (including phenoxy) is 3. The summed E-state index contributed by atoms with van der Waals surface area (Å²) in [5, 5.41) is 22.6. The number of aliphatic hydroxyl groups is 1. The first kappa shape index (κ1) is 32.8. The quantitative estimate of drug-likeness (QED) is 0.141. The number of aliphatic carboxylic acids is 1. The van der Waals surface area contributed by atoms with Crippen LogP contribution in [0.1, 0.15) is 59.8 Å². The molecule has 3 aromatic carbocycles. The summed E-state index contributed by atoms with van der Waals surface area (Å²) in [5.41, 5.74) is -1.18. The summed E-state index contributed by atoms with van der Waals surface area (Å²) in [4.78, 5) is 11.3. The Labute approximate surface area is 268 Å². The van der Waals surface area contributed by atoms with Crippen molar-refractivity contribution in [1.82, 2.24) is 0 Å². The molecule has 1 fully saturated rings. The third-order valence-electron chi connectivity index (χ3n) is 8.69. The zero-order chi connectivity index (χ0) is 32.0. The van der Waals surface area contributed by atoms with Crippen LogP contribution in [0.15, 0.2) is 91.0 Å². The number of para-hydroxylation sites is 1. The second kappa shape index (κ2) is 14.2. The zero-order valence-corrected chi connectivity index (χ0v) is 27.6. The van der Waals surface area contributed by atoms with E-state index in [1.54, 1.807) is 12.1 Å². The first-order chi connectivity index (χ1) is 21.6. The smallest absolute Gasteiger partial charge is 0.341 e. The Morgan fingerprint density at radius 2 is 1.67 bits per heavy atom. The molecule has 2 N–H and O–H groups in total. The minimum absolute atomic E-state index is 0.0517. The van der Waals surface area contributed by atoms with Crippen molar-refractivity contribution in [3.63, 3.8) is 0 Å². The highest BCUT2D eigenvalue weighted by Crippen LogP contribution is 2.55. The third-order valence-corrected chi connectivity index (χ3v) is 11.0. The lowest BCUT2D eigenvalue weighted by Crippen LogP contribution is -2.60. The lowest BCUT2D eigenvalue weighted by atomic mass is 9.71. The molecule has 3 aromatic rings. The average molecular weight is 630 g/mol. The average Bonchev–Trinajstić information content (AvgIpc) is 3.35. The minimum Gasteiger partial charge on any atom is -0.479 e. The second-order valence-corrected chi connectivity index (χ2v) is 15.1. The number of carbonyl (C=O) groups is 1. The molecule has 1 heterocycles. The maximum Gasteiger partial charge on any atom is 0.341 e. The number of fused-ring (bicyclic) bond motifs is 2. The van der Waals surface area contributed by atoms with Gasteiger partial charge in [-0.05, 0) is 40.8 Å². The maximum atomic E-state index is 11.3. The molecular formula is C37H45O7Si. The fraction of sp³-hybridized carbons (Fsp3) is 0.432. The van der Waals surface area contributed by atoms with E-state index in [4.69, 9.17) is 18.6 Å². The van der Waals surface area contributed by atoms with Crippen LogP contribution >= 0.6 is 0 Å². The van der Waals surface area contributed by atoms with Crippen molar-refractivity contribution in [3.8, 4) is 17.2 Å². The summed E-state index contributed by atoms with van der Waals surface area (Å²) in [7, 11) is -1.81. The van der Waals surface area contributed by atoms with E-state index in [1.807, 2.05) is 48.5 Å². The van der Waals surface area contributed by atoms with Gasteiger partial charge in [0.25, 0.3) is 9.04 Å². The molecule has 8 heteroatoms. The SMILES string of the molecule is CCCCC[C@H](O)C=C[C@]1(O[Si](c2ccccc2)c2ccccc2)[C@@H]2Oc3cccc(OCC(=O)O)c3O[C@H]2C[C@@H]1C(C)(C)C. The van der Waals surface area contributed by atoms with E-state index in [2.05, 4.69) is 58.0 Å². The minimum atomic E-state index is -1.81. The first-order valence-corrected chi connectivity index (χ1v) is 17.4. The number of unbranched alkanes of at least 4 members (excludes halogenated alkanes) is 2. The summed E-state index contributed by atoms with van der Waals surface area (Å²) in [6.07, 6.45) is 6.83. The molecule has 0 amide bonds. The van der Waals surface area contributed by atoms with Gasteiger partial charge in [0.2, 0.25) is 5.75 Å². The molecule has 0 bridgehead atoms. The predicted octanol–water partition coefficient (Wildman–Crippen LogP) is 5.78. The van der Waals surface area contributed by atoms with Gasteiger partial charge in [0.1, 0.15) is 11.7 Å². The lowest BCUT2D eigenvalue weighted by Gasteiger charge is -2.46. The number of hydrogen-bond donors (Lipinski definition) is 2. The second-order valence-electron chi connectivity index (χ2n) is 13.1. The van der Waals surface area contributed by atoms with Gasteiger partial charge in [-0.15, -0.1) is 0 Å². The number of aliphatic hydroxyl groups excluding tert-OH is 1. The van der Waals surface area contributed by atoms with Crippen molar-refractivity contribution in [2.24, 2.45) is 11.3 Å². The molecule has 5 atom stereocenters. The van der Waals surface area contributed by atoms with Gasteiger partial charge in [-0.25, -0.2) is 4.79 Å². The Hall–Kier alpha value is -3.59. The molecule has 2 aliphatic rings. The molecule has 5 rings (SSSR count). The molecule has 0 saturated heterocycles. The summed E-state index contributed by atoms with van der Waals surface area (Å²) < 4.78 is 26.7. The highest BCUT2D eigenvalue weighted by molar-refractivity contribution is 6.80. The lowest BCUT2D eigenvalue weighted by molar-refractivity contribution is -0.139. The van der Waals surface area contributed by atoms with Gasteiger partial charge in [-0.2, -0.15) is 0 Å². The van der Waals surface area contributed by atoms with Crippen molar-refractivity contribution < 1.29 is 33.6 Å². The van der Waals surface area contributed by atoms with Crippen LogP contribution in [0.2, 0.25) is 0 Å². The number of carboxylic acid groups (broad SMARTS) is 1. The number of rotatable bonds is 13. The van der Waals surface area contributed by atoms with E-state index in [1.165, 1.54) is 0 Å². The molecular weight excluding hydrogens is 584 g/mol. The number of benzene rings is 3. The van der Waals surface area contributed by atoms with E-state index in [0.29, 0.717) is 30.1 Å². The van der Waals surface area contributed by atoms with Crippen LogP contribution in [0, 0.1) is 11.3 Å². The molecule has 0 spiro atoms. The van der Waals surface area contributed by atoms with E-state index in [0.717, 1.165) is 29.6 Å². The van der Waals surface area contributed by atoms with Crippen LogP contribution < -0.4 is 24.6 Å². The van der Waals surface area contributed by atoms with Crippen molar-refractivity contribution >= 4 is 25.4 Å². The maximum absolute atomic E-state index is 11.3. The van der Waals surface area contributed by atoms with Gasteiger partial charge in [0.05, 0.1) is 6.10 Å². The highest BCUT2D eigenvalue weighted by Gasteiger charge is 2.63. The standard InChI is InChI=1S/C37H45O7Si/c1-5-6-9-15-26(38)22-23-37(44-45(27-16-10-7-11-17-27)28-18-12-8-13-19-28)32(36(2,3)4)24-31-35(37)43-30-21-14-20-29(34(30)42-31)41-25-33(39)40/h7-8,10-14,16-23,26,31-32,35,38H,5-6,9,15,24-25H2,1-4H3,(H,39,40)/t26-,31-,32+,35+,37+/m0/s1. The molecule has 239 valence electrons. The van der Waals surface area contributed by atoms with Crippen molar-refractivity contribution in [1.29, 1.82) is 0 Å². The van der Waals surface area contributed by atoms with Gasteiger partial charge in [-0.1, -0.05) is 126 Å². The van der Waals surface area contributed by atoms with Crippen LogP contribution in [0.3, 0.4) is 0 Å². The van der Waals surface area contributed by atoms with Crippen molar-refractivity contribution in [2.45, 2.75) is 83.7 Å². The van der Waals surface area contributed by atoms with Crippen molar-refractivity contribution in [2.75, 3.05) is 6.61 Å². The van der Waals surface area contributed by atoms with E-state index >= 15 is 0 Å². The van der Waals surface area contributed by atoms with Gasteiger partial charge in [-0.3, -0.25) is 0 Å². The van der Waals surface area contributed by atoms with Gasteiger partial charge in [0.15, 0.2) is 24.2 Å². The normalized spacial score (nSPS) is 23.2. The fourth-order valence-corrected chi connectivity index (χ4v) is 8.80. The monoisotopic (exact) mass is 629 g/mol. The van der Waals surface area contributed by atoms with Gasteiger partial charge < -0.3 is 28.8 Å². The molecule has 1 saturated carbocycles. The summed E-state index contributed by atoms with van der Waals surface area (Å²) in [5.74, 6) is 0.0985. The molecule has 0 aromatic heterocycles. The predicted molar refractivity (Wildman–Crippen MR) is 177 cm³/mol. The summed E-state index contributed by atoms with van der Waals surface area (Å²) in [6, 6.07) is 26.0. The van der Waals surface area contributed by atoms with Crippen LogP contribution in [0.5, 0.6) is 17.2 Å². The Morgan fingerprint density at radius 1 is 1.00 bits per heavy atom. The molecule has 45 heavy (non-hydrogen) atoms. The fourth-order valence-electron chi connectivity index (χ4n) is 6.56. The van der Waals surface area contributed by atoms with E-state index in [-0.39, 0.29) is 11.3 Å². The Kier molecular flexibility index (Phi) is 10.4. The van der Waals surface area contributed by atoms with E-state index in [9.17, 15) is 15.0 Å². The van der Waals surface area contributed by atoms with Crippen LogP contribution in [-0.4, -0.2) is 55.7 Å². The topological polar surface area (TPSA) is 94.5 Å². The molecule has 1 aliphatic heterocycles. The zero-order valence-electron chi connectivity index (χ0n) is 26.6. The van der Waals surface area contributed by atoms with Gasteiger partial charge >= 0.3 is 5.97 Å². The van der Waals surface area contributed by atoms with Crippen LogP contribution in [0.4, 0.5) is 0 Å². The van der Waals surface area contributed by atoms with Crippen molar-refractivity contribution in [3.05, 3.63) is 91.0 Å². The van der Waals surface area contributed by atoms with E-state index < -0.39 is 45.5 Å². The molecule has 1 aliphatic carbocycles. The first-order valence-electron chi connectivity index (χ1n) is 16.0. The highest BCUT2D eigenvalue weighted by atomic mass is 28.3. The number of hydrogen-bond acceptors (Lipinski definition) is 6. The summed E-state index contributed by atoms with van der Waals surface area (Å²) in [6.45, 7) is 8.31. The van der Waals surface area contributed by atoms with Crippen LogP contribution in [-0.2, 0) is 9.22 Å². The van der Waals surface area contributed by atoms with Gasteiger partial charge in [0, 0.05) is 5.92 Å². The molecule has 7 nitrogen and oxygen atoms in total. The Bertz CT molecular complexity index is 1400. The Balaban J connectivity index is 1.62. The Morgan fingerprint density at radius 3 is 2.27 bits per heavy atom. The molecule has 1 radical (unpaired) electrons. The number of carboxylic acids is 1. The van der Waals surface area contributed by atoms with Crippen LogP contribution in [0.25, 0.3) is 0 Å². The summed E-state index contributed by atoms with van der Waals surface area (Å²) >= 11 is 0. The third kappa shape index (κ3) is 7.46.